The number of benzene rings is 1. The van der Waals surface area contributed by atoms with Gasteiger partial charge in [-0.2, -0.15) is 0 Å². The number of amides is 1. The lowest BCUT2D eigenvalue weighted by atomic mass is 10.0. The lowest BCUT2D eigenvalue weighted by molar-refractivity contribution is -0.146. The fraction of sp³-hybridized carbons (Fsp3) is 0.467. The Morgan fingerprint density at radius 3 is 2.33 bits per heavy atom. The molecule has 1 amide bonds. The van der Waals surface area contributed by atoms with Crippen molar-refractivity contribution < 1.29 is 19.4 Å². The Kier molecular flexibility index (Phi) is 6.17. The molecule has 0 unspecified atom stereocenters. The molecule has 0 heterocycles. The Balaban J connectivity index is 2.64. The van der Waals surface area contributed by atoms with Gasteiger partial charge in [-0.1, -0.05) is 26.0 Å². The number of esters is 1. The number of aromatic hydroxyl groups is 1. The van der Waals surface area contributed by atoms with Crippen molar-refractivity contribution in [2.24, 2.45) is 11.7 Å². The van der Waals surface area contributed by atoms with E-state index < -0.39 is 24.0 Å². The summed E-state index contributed by atoms with van der Waals surface area (Å²) in [5, 5.41) is 11.8. The Morgan fingerprint density at radius 1 is 1.29 bits per heavy atom. The molecule has 0 bridgehead atoms. The molecule has 0 radical (unpaired) electrons. The second kappa shape index (κ2) is 7.64. The number of phenols is 1. The Hall–Kier alpha value is -2.08. The summed E-state index contributed by atoms with van der Waals surface area (Å²) in [5.74, 6) is -0.841. The SMILES string of the molecule is COC(=O)[C@@H](NC(=O)[C@@H](N)Cc1ccc(O)cc1)C(C)C. The molecule has 0 saturated carbocycles. The zero-order valence-corrected chi connectivity index (χ0v) is 12.5. The minimum atomic E-state index is -0.777. The Labute approximate surface area is 124 Å². The minimum absolute atomic E-state index is 0.0951. The lowest BCUT2D eigenvalue weighted by Crippen LogP contribution is -2.51. The summed E-state index contributed by atoms with van der Waals surface area (Å²) < 4.78 is 4.66. The molecule has 1 aromatic rings. The maximum atomic E-state index is 12.1. The lowest BCUT2D eigenvalue weighted by Gasteiger charge is -2.22. The van der Waals surface area contributed by atoms with Gasteiger partial charge in [-0.3, -0.25) is 4.79 Å². The second-order valence-electron chi connectivity index (χ2n) is 5.23. The molecule has 0 spiro atoms. The van der Waals surface area contributed by atoms with Crippen LogP contribution < -0.4 is 11.1 Å². The van der Waals surface area contributed by atoms with Gasteiger partial charge in [0.15, 0.2) is 0 Å². The molecule has 21 heavy (non-hydrogen) atoms. The highest BCUT2D eigenvalue weighted by atomic mass is 16.5. The van der Waals surface area contributed by atoms with Crippen molar-refractivity contribution in [1.82, 2.24) is 5.32 Å². The molecule has 0 aliphatic carbocycles. The van der Waals surface area contributed by atoms with Crippen molar-refractivity contribution in [2.75, 3.05) is 7.11 Å². The number of hydrogen-bond donors (Lipinski definition) is 3. The highest BCUT2D eigenvalue weighted by molar-refractivity contribution is 5.87. The van der Waals surface area contributed by atoms with Crippen LogP contribution in [0.3, 0.4) is 0 Å². The van der Waals surface area contributed by atoms with E-state index >= 15 is 0 Å². The largest absolute Gasteiger partial charge is 0.508 e. The predicted octanol–water partition coefficient (Wildman–Crippen LogP) is 0.576. The van der Waals surface area contributed by atoms with Crippen LogP contribution in [0.2, 0.25) is 0 Å². The number of carbonyl (C=O) groups excluding carboxylic acids is 2. The number of hydrogen-bond acceptors (Lipinski definition) is 5. The van der Waals surface area contributed by atoms with Crippen LogP contribution in [-0.2, 0) is 20.7 Å². The molecular formula is C15H22N2O4. The van der Waals surface area contributed by atoms with E-state index in [4.69, 9.17) is 5.73 Å². The minimum Gasteiger partial charge on any atom is -0.508 e. The van der Waals surface area contributed by atoms with Gasteiger partial charge < -0.3 is 20.9 Å². The van der Waals surface area contributed by atoms with Crippen LogP contribution in [0.1, 0.15) is 19.4 Å². The van der Waals surface area contributed by atoms with E-state index in [-0.39, 0.29) is 11.7 Å². The quantitative estimate of drug-likeness (QED) is 0.666. The first-order valence-corrected chi connectivity index (χ1v) is 6.76. The van der Waals surface area contributed by atoms with Gasteiger partial charge in [-0.25, -0.2) is 4.79 Å². The van der Waals surface area contributed by atoms with E-state index in [1.165, 1.54) is 19.2 Å². The van der Waals surface area contributed by atoms with Crippen molar-refractivity contribution in [1.29, 1.82) is 0 Å². The third-order valence-electron chi connectivity index (χ3n) is 3.15. The first-order chi connectivity index (χ1) is 9.85. The Morgan fingerprint density at radius 2 is 1.86 bits per heavy atom. The second-order valence-corrected chi connectivity index (χ2v) is 5.23. The molecule has 6 nitrogen and oxygen atoms in total. The van der Waals surface area contributed by atoms with E-state index in [1.807, 2.05) is 13.8 Å². The van der Waals surface area contributed by atoms with E-state index in [9.17, 15) is 14.7 Å². The fourth-order valence-corrected chi connectivity index (χ4v) is 1.86. The molecule has 1 aromatic carbocycles. The van der Waals surface area contributed by atoms with Gasteiger partial charge in [0.1, 0.15) is 11.8 Å². The van der Waals surface area contributed by atoms with Crippen LogP contribution in [0.4, 0.5) is 0 Å². The smallest absolute Gasteiger partial charge is 0.328 e. The third-order valence-corrected chi connectivity index (χ3v) is 3.15. The molecule has 4 N–H and O–H groups in total. The van der Waals surface area contributed by atoms with E-state index in [0.29, 0.717) is 6.42 Å². The number of methoxy groups -OCH3 is 1. The van der Waals surface area contributed by atoms with Gasteiger partial charge in [-0.15, -0.1) is 0 Å². The molecule has 0 saturated heterocycles. The highest BCUT2D eigenvalue weighted by Gasteiger charge is 2.27. The summed E-state index contributed by atoms with van der Waals surface area (Å²) in [5.41, 5.74) is 6.68. The molecular weight excluding hydrogens is 272 g/mol. The van der Waals surface area contributed by atoms with Crippen LogP contribution in [0, 0.1) is 5.92 Å². The van der Waals surface area contributed by atoms with Crippen LogP contribution in [0.25, 0.3) is 0 Å². The number of nitrogens with two attached hydrogens (primary N) is 1. The summed E-state index contributed by atoms with van der Waals surface area (Å²) in [7, 11) is 1.28. The van der Waals surface area contributed by atoms with Crippen molar-refractivity contribution in [2.45, 2.75) is 32.4 Å². The first kappa shape index (κ1) is 17.0. The summed E-state index contributed by atoms with van der Waals surface area (Å²) in [6.07, 6.45) is 0.318. The van der Waals surface area contributed by atoms with Gasteiger partial charge in [-0.05, 0) is 30.0 Å². The van der Waals surface area contributed by atoms with E-state index in [0.717, 1.165) is 5.56 Å². The first-order valence-electron chi connectivity index (χ1n) is 6.76. The van der Waals surface area contributed by atoms with Crippen molar-refractivity contribution >= 4 is 11.9 Å². The van der Waals surface area contributed by atoms with Gasteiger partial charge in [0.05, 0.1) is 13.2 Å². The monoisotopic (exact) mass is 294 g/mol. The van der Waals surface area contributed by atoms with Gasteiger partial charge in [0, 0.05) is 0 Å². The molecule has 0 aliphatic rings. The van der Waals surface area contributed by atoms with Gasteiger partial charge >= 0.3 is 5.97 Å². The van der Waals surface area contributed by atoms with E-state index in [2.05, 4.69) is 10.1 Å². The topological polar surface area (TPSA) is 102 Å². The van der Waals surface area contributed by atoms with Gasteiger partial charge in [0.25, 0.3) is 0 Å². The molecule has 116 valence electrons. The molecule has 1 rings (SSSR count). The molecule has 0 aromatic heterocycles. The van der Waals surface area contributed by atoms with Crippen molar-refractivity contribution in [3.63, 3.8) is 0 Å². The molecule has 6 heteroatoms. The number of ether oxygens (including phenoxy) is 1. The number of nitrogens with one attached hydrogen (secondary N) is 1. The summed E-state index contributed by atoms with van der Waals surface area (Å²) in [4.78, 5) is 23.7. The number of phenolic OH excluding ortho intramolecular Hbond substituents is 1. The normalized spacial score (nSPS) is 13.6. The van der Waals surface area contributed by atoms with Crippen molar-refractivity contribution in [3.05, 3.63) is 29.8 Å². The van der Waals surface area contributed by atoms with Crippen LogP contribution in [0.15, 0.2) is 24.3 Å². The summed E-state index contributed by atoms with van der Waals surface area (Å²) in [6, 6.07) is 4.97. The molecule has 0 aliphatic heterocycles. The maximum absolute atomic E-state index is 12.1. The van der Waals surface area contributed by atoms with Crippen LogP contribution in [-0.4, -0.2) is 36.2 Å². The van der Waals surface area contributed by atoms with E-state index in [1.54, 1.807) is 12.1 Å². The molecule has 0 fully saturated rings. The van der Waals surface area contributed by atoms with Crippen LogP contribution in [0.5, 0.6) is 5.75 Å². The third kappa shape index (κ3) is 5.07. The zero-order chi connectivity index (χ0) is 16.0. The fourth-order valence-electron chi connectivity index (χ4n) is 1.86. The highest BCUT2D eigenvalue weighted by Crippen LogP contribution is 2.11. The Bertz CT molecular complexity index is 485. The molecule has 2 atom stereocenters. The predicted molar refractivity (Wildman–Crippen MR) is 78.6 cm³/mol. The summed E-state index contributed by atoms with van der Waals surface area (Å²) >= 11 is 0. The number of carbonyl (C=O) groups is 2. The van der Waals surface area contributed by atoms with Crippen LogP contribution >= 0.6 is 0 Å². The average Bonchev–Trinajstić information content (AvgIpc) is 2.45. The zero-order valence-electron chi connectivity index (χ0n) is 12.5. The standard InChI is InChI=1S/C15H22N2O4/c1-9(2)13(15(20)21-3)17-14(19)12(16)8-10-4-6-11(18)7-5-10/h4-7,9,12-13,18H,8,16H2,1-3H3,(H,17,19)/t12-,13-/m0/s1. The van der Waals surface area contributed by atoms with Gasteiger partial charge in [0.2, 0.25) is 5.91 Å². The number of rotatable bonds is 6. The summed E-state index contributed by atoms with van der Waals surface area (Å²) in [6.45, 7) is 3.63. The average molecular weight is 294 g/mol. The maximum Gasteiger partial charge on any atom is 0.328 e. The van der Waals surface area contributed by atoms with Crippen molar-refractivity contribution in [3.8, 4) is 5.75 Å².